The summed E-state index contributed by atoms with van der Waals surface area (Å²) >= 11 is 0. The van der Waals surface area contributed by atoms with Gasteiger partial charge in [-0.1, -0.05) is 30.3 Å². The summed E-state index contributed by atoms with van der Waals surface area (Å²) in [4.78, 5) is 14.2. The average molecular weight is 392 g/mol. The van der Waals surface area contributed by atoms with Gasteiger partial charge < -0.3 is 5.32 Å². The zero-order valence-electron chi connectivity index (χ0n) is 16.5. The van der Waals surface area contributed by atoms with Crippen LogP contribution in [-0.2, 0) is 16.9 Å². The van der Waals surface area contributed by atoms with E-state index in [9.17, 15) is 9.18 Å². The van der Waals surface area contributed by atoms with Gasteiger partial charge >= 0.3 is 0 Å². The minimum Gasteiger partial charge on any atom is -0.347 e. The van der Waals surface area contributed by atoms with Crippen LogP contribution in [0.25, 0.3) is 5.69 Å². The smallest absolute Gasteiger partial charge is 0.217 e. The zero-order chi connectivity index (χ0) is 20.3. The molecule has 1 amide bonds. The Morgan fingerprint density at radius 2 is 1.83 bits per heavy atom. The summed E-state index contributed by atoms with van der Waals surface area (Å²) in [7, 11) is 0. The molecule has 0 aliphatic carbocycles. The van der Waals surface area contributed by atoms with Crippen molar-refractivity contribution in [1.82, 2.24) is 20.0 Å². The van der Waals surface area contributed by atoms with Gasteiger partial charge in [0.15, 0.2) is 0 Å². The van der Waals surface area contributed by atoms with Crippen LogP contribution in [0.1, 0.15) is 30.9 Å². The van der Waals surface area contributed by atoms with E-state index >= 15 is 0 Å². The Balaban J connectivity index is 1.44. The van der Waals surface area contributed by atoms with Gasteiger partial charge in [-0.15, -0.1) is 0 Å². The second kappa shape index (κ2) is 8.17. The summed E-state index contributed by atoms with van der Waals surface area (Å²) in [6.07, 6.45) is 5.04. The van der Waals surface area contributed by atoms with Crippen molar-refractivity contribution in [3.05, 3.63) is 83.9 Å². The molecule has 1 aliphatic heterocycles. The van der Waals surface area contributed by atoms with Gasteiger partial charge in [-0.2, -0.15) is 5.10 Å². The lowest BCUT2D eigenvalue weighted by molar-refractivity contribution is -0.121. The maximum atomic E-state index is 14.5. The molecule has 1 saturated heterocycles. The van der Waals surface area contributed by atoms with E-state index in [0.717, 1.165) is 25.3 Å². The van der Waals surface area contributed by atoms with E-state index in [2.05, 4.69) is 39.6 Å². The zero-order valence-corrected chi connectivity index (χ0v) is 16.5. The van der Waals surface area contributed by atoms with Crippen molar-refractivity contribution in [1.29, 1.82) is 0 Å². The van der Waals surface area contributed by atoms with Gasteiger partial charge in [0.1, 0.15) is 5.82 Å². The van der Waals surface area contributed by atoms with Gasteiger partial charge in [0.2, 0.25) is 5.91 Å². The number of nitrogens with zero attached hydrogens (tertiary/aromatic N) is 3. The summed E-state index contributed by atoms with van der Waals surface area (Å²) in [5, 5.41) is 7.29. The van der Waals surface area contributed by atoms with E-state index in [-0.39, 0.29) is 11.7 Å². The number of piperidine rings is 1. The predicted molar refractivity (Wildman–Crippen MR) is 110 cm³/mol. The molecule has 0 bridgehead atoms. The highest BCUT2D eigenvalue weighted by molar-refractivity contribution is 5.74. The molecule has 2 heterocycles. The molecule has 1 aromatic heterocycles. The number of likely N-dealkylation sites (tertiary alicyclic amines) is 1. The maximum absolute atomic E-state index is 14.5. The molecule has 0 atom stereocenters. The summed E-state index contributed by atoms with van der Waals surface area (Å²) in [6, 6.07) is 17.0. The van der Waals surface area contributed by atoms with Gasteiger partial charge in [0.25, 0.3) is 0 Å². The van der Waals surface area contributed by atoms with Gasteiger partial charge in [0, 0.05) is 44.5 Å². The summed E-state index contributed by atoms with van der Waals surface area (Å²) < 4.78 is 16.3. The number of hydrogen-bond acceptors (Lipinski definition) is 3. The number of halogens is 1. The molecule has 5 nitrogen and oxygen atoms in total. The van der Waals surface area contributed by atoms with Crippen molar-refractivity contribution < 1.29 is 9.18 Å². The highest BCUT2D eigenvalue weighted by atomic mass is 19.1. The maximum Gasteiger partial charge on any atom is 0.217 e. The first-order chi connectivity index (χ1) is 14.1. The number of aromatic nitrogens is 2. The van der Waals surface area contributed by atoms with Crippen LogP contribution in [0.5, 0.6) is 0 Å². The highest BCUT2D eigenvalue weighted by Crippen LogP contribution is 2.35. The van der Waals surface area contributed by atoms with E-state index in [1.54, 1.807) is 18.3 Å². The largest absolute Gasteiger partial charge is 0.347 e. The lowest BCUT2D eigenvalue weighted by Gasteiger charge is -2.42. The van der Waals surface area contributed by atoms with Crippen LogP contribution in [0.2, 0.25) is 0 Å². The minimum absolute atomic E-state index is 0.129. The normalized spacial score (nSPS) is 16.5. The molecule has 1 fully saturated rings. The van der Waals surface area contributed by atoms with E-state index in [1.807, 2.05) is 23.0 Å². The third-order valence-corrected chi connectivity index (χ3v) is 5.63. The number of hydrogen-bond donors (Lipinski definition) is 1. The molecular weight excluding hydrogens is 367 g/mol. The molecule has 0 spiro atoms. The Morgan fingerprint density at radius 3 is 2.45 bits per heavy atom. The lowest BCUT2D eigenvalue weighted by atomic mass is 9.80. The monoisotopic (exact) mass is 392 g/mol. The van der Waals surface area contributed by atoms with Crippen LogP contribution in [0.3, 0.4) is 0 Å². The van der Waals surface area contributed by atoms with Crippen molar-refractivity contribution in [2.45, 2.75) is 31.8 Å². The fourth-order valence-electron chi connectivity index (χ4n) is 4.17. The van der Waals surface area contributed by atoms with Crippen molar-refractivity contribution >= 4 is 5.91 Å². The number of nitrogens with one attached hydrogen (secondary N) is 1. The van der Waals surface area contributed by atoms with E-state index in [0.29, 0.717) is 18.4 Å². The number of rotatable bonds is 5. The number of carbonyl (C=O) groups excluding carboxylic acids is 1. The Bertz CT molecular complexity index is 961. The molecule has 1 aliphatic rings. The molecule has 0 unspecified atom stereocenters. The first-order valence-electron chi connectivity index (χ1n) is 9.91. The Labute approximate surface area is 170 Å². The summed E-state index contributed by atoms with van der Waals surface area (Å²) in [5.74, 6) is -0.389. The van der Waals surface area contributed by atoms with E-state index in [1.165, 1.54) is 18.6 Å². The molecule has 6 heteroatoms. The molecule has 2 aromatic carbocycles. The average Bonchev–Trinajstić information content (AvgIpc) is 3.25. The van der Waals surface area contributed by atoms with Crippen LogP contribution in [0.4, 0.5) is 4.39 Å². The number of benzene rings is 2. The number of carbonyl (C=O) groups is 1. The molecule has 3 aromatic rings. The third kappa shape index (κ3) is 4.22. The molecule has 1 N–H and O–H groups in total. The predicted octanol–water partition coefficient (Wildman–Crippen LogP) is 3.64. The fourth-order valence-corrected chi connectivity index (χ4v) is 4.17. The molecule has 0 radical (unpaired) electrons. The lowest BCUT2D eigenvalue weighted by Crippen LogP contribution is -2.52. The van der Waals surface area contributed by atoms with Crippen molar-refractivity contribution in [2.24, 2.45) is 0 Å². The summed E-state index contributed by atoms with van der Waals surface area (Å²) in [5.41, 5.74) is 2.19. The topological polar surface area (TPSA) is 50.2 Å². The molecule has 29 heavy (non-hydrogen) atoms. The Kier molecular flexibility index (Phi) is 5.45. The van der Waals surface area contributed by atoms with Crippen molar-refractivity contribution in [3.63, 3.8) is 0 Å². The second-order valence-electron chi connectivity index (χ2n) is 7.64. The van der Waals surface area contributed by atoms with Gasteiger partial charge in [-0.05, 0) is 42.7 Å². The Hall–Kier alpha value is -2.99. The summed E-state index contributed by atoms with van der Waals surface area (Å²) in [6.45, 7) is 3.90. The second-order valence-corrected chi connectivity index (χ2v) is 7.64. The van der Waals surface area contributed by atoms with Gasteiger partial charge in [0.05, 0.1) is 11.2 Å². The van der Waals surface area contributed by atoms with E-state index < -0.39 is 5.54 Å². The molecule has 0 saturated carbocycles. The van der Waals surface area contributed by atoms with Crippen LogP contribution in [0, 0.1) is 5.82 Å². The molecular formula is C23H25FN4O. The SMILES string of the molecule is CC(=O)NC1(c2ccccc2F)CCN(Cc2ccc(-n3cccn3)cc2)CC1. The minimum atomic E-state index is -0.641. The van der Waals surface area contributed by atoms with Crippen LogP contribution in [0.15, 0.2) is 67.0 Å². The van der Waals surface area contributed by atoms with Gasteiger partial charge in [-0.25, -0.2) is 9.07 Å². The van der Waals surface area contributed by atoms with Gasteiger partial charge in [-0.3, -0.25) is 9.69 Å². The third-order valence-electron chi connectivity index (χ3n) is 5.63. The van der Waals surface area contributed by atoms with Crippen molar-refractivity contribution in [3.8, 4) is 5.69 Å². The fraction of sp³-hybridized carbons (Fsp3) is 0.304. The van der Waals surface area contributed by atoms with Crippen LogP contribution in [-0.4, -0.2) is 33.7 Å². The standard InChI is InChI=1S/C23H25FN4O/c1-18(29)26-23(21-5-2-3-6-22(21)24)11-15-27(16-12-23)17-19-7-9-20(10-8-19)28-14-4-13-25-28/h2-10,13-14H,11-12,15-17H2,1H3,(H,26,29). The molecule has 4 rings (SSSR count). The van der Waals surface area contributed by atoms with Crippen molar-refractivity contribution in [2.75, 3.05) is 13.1 Å². The van der Waals surface area contributed by atoms with E-state index in [4.69, 9.17) is 0 Å². The van der Waals surface area contributed by atoms with Crippen LogP contribution >= 0.6 is 0 Å². The first-order valence-corrected chi connectivity index (χ1v) is 9.91. The van der Waals surface area contributed by atoms with Crippen LogP contribution < -0.4 is 5.32 Å². The molecule has 150 valence electrons. The quantitative estimate of drug-likeness (QED) is 0.721. The highest BCUT2D eigenvalue weighted by Gasteiger charge is 2.38. The first kappa shape index (κ1) is 19.3. The Morgan fingerprint density at radius 1 is 1.10 bits per heavy atom. The number of amides is 1.